The fraction of sp³-hybridized carbons (Fsp3) is 0.900. The normalized spacial score (nSPS) is 30.6. The van der Waals surface area contributed by atoms with Gasteiger partial charge in [-0.2, -0.15) is 0 Å². The number of nitrogens with two attached hydrogens (primary N) is 1. The van der Waals surface area contributed by atoms with Gasteiger partial charge in [0, 0.05) is 12.1 Å². The van der Waals surface area contributed by atoms with Crippen molar-refractivity contribution in [3.05, 3.63) is 0 Å². The Morgan fingerprint density at radius 3 is 2.06 bits per heavy atom. The maximum Gasteiger partial charge on any atom is 0.320 e. The van der Waals surface area contributed by atoms with Crippen molar-refractivity contribution in [2.45, 2.75) is 39.8 Å². The zero-order valence-corrected chi connectivity index (χ0v) is 11.3. The first-order valence-electron chi connectivity index (χ1n) is 5.38. The lowest BCUT2D eigenvalue weighted by atomic mass is 9.49. The third-order valence-electron chi connectivity index (χ3n) is 3.70. The molecule has 0 aromatic heterocycles. The van der Waals surface area contributed by atoms with Gasteiger partial charge in [0.15, 0.2) is 5.75 Å². The van der Waals surface area contributed by atoms with E-state index >= 15 is 0 Å². The first-order chi connectivity index (χ1) is 7.41. The van der Waals surface area contributed by atoms with E-state index in [4.69, 9.17) is 10.8 Å². The molecule has 1 aliphatic rings. The van der Waals surface area contributed by atoms with E-state index in [1.165, 1.54) is 0 Å². The average molecular weight is 264 g/mol. The molecule has 0 heterocycles. The molecule has 100 valence electrons. The van der Waals surface area contributed by atoms with Crippen molar-refractivity contribution in [2.75, 3.05) is 5.75 Å². The molecule has 1 saturated carbocycles. The molecule has 0 radical (unpaired) electrons. The summed E-state index contributed by atoms with van der Waals surface area (Å²) in [6, 6.07) is -0.484. The summed E-state index contributed by atoms with van der Waals surface area (Å²) >= 11 is 0. The minimum absolute atomic E-state index is 0.132. The third kappa shape index (κ3) is 2.46. The van der Waals surface area contributed by atoms with Gasteiger partial charge in [-0.1, -0.05) is 27.7 Å². The van der Waals surface area contributed by atoms with E-state index < -0.39 is 21.7 Å². The van der Waals surface area contributed by atoms with Gasteiger partial charge >= 0.3 is 5.97 Å². The van der Waals surface area contributed by atoms with Gasteiger partial charge in [0.25, 0.3) is 0 Å². The highest BCUT2D eigenvalue weighted by Crippen LogP contribution is 2.52. The van der Waals surface area contributed by atoms with Gasteiger partial charge in [-0.3, -0.25) is 4.79 Å². The second kappa shape index (κ2) is 3.93. The van der Waals surface area contributed by atoms with Crippen LogP contribution < -0.4 is 10.5 Å². The van der Waals surface area contributed by atoms with E-state index in [1.807, 2.05) is 27.7 Å². The number of sulfonamides is 1. The number of nitrogens with one attached hydrogen (secondary N) is 1. The zero-order chi connectivity index (χ0) is 13.6. The molecule has 1 rings (SSSR count). The Labute approximate surface area is 102 Å². The minimum Gasteiger partial charge on any atom is -0.480 e. The van der Waals surface area contributed by atoms with Crippen LogP contribution in [0.5, 0.6) is 0 Å². The lowest BCUT2D eigenvalue weighted by molar-refractivity contribution is -0.134. The van der Waals surface area contributed by atoms with E-state index in [-0.39, 0.29) is 22.9 Å². The van der Waals surface area contributed by atoms with Crippen molar-refractivity contribution < 1.29 is 18.3 Å². The molecule has 0 aromatic rings. The van der Waals surface area contributed by atoms with E-state index in [9.17, 15) is 13.2 Å². The van der Waals surface area contributed by atoms with Crippen LogP contribution in [0.2, 0.25) is 0 Å². The van der Waals surface area contributed by atoms with Gasteiger partial charge in [0.1, 0.15) is 0 Å². The molecule has 6 nitrogen and oxygen atoms in total. The molecule has 7 heteroatoms. The fourth-order valence-corrected chi connectivity index (χ4v) is 4.24. The molecular formula is C10H20N2O4S. The molecule has 1 fully saturated rings. The van der Waals surface area contributed by atoms with Crippen LogP contribution in [0.3, 0.4) is 0 Å². The van der Waals surface area contributed by atoms with Crippen molar-refractivity contribution in [3.63, 3.8) is 0 Å². The highest BCUT2D eigenvalue weighted by Gasteiger charge is 2.60. The summed E-state index contributed by atoms with van der Waals surface area (Å²) in [7, 11) is -3.81. The SMILES string of the molecule is CC1(C)C(N)C(C)(C)C1NS(=O)(=O)CC(=O)O. The average Bonchev–Trinajstić information content (AvgIpc) is 2.10. The molecule has 0 unspecified atom stereocenters. The Morgan fingerprint density at radius 2 is 1.71 bits per heavy atom. The first-order valence-corrected chi connectivity index (χ1v) is 7.04. The predicted octanol–water partition coefficient (Wildman–Crippen LogP) is -0.248. The summed E-state index contributed by atoms with van der Waals surface area (Å²) in [6.45, 7) is 7.49. The Morgan fingerprint density at radius 1 is 1.29 bits per heavy atom. The van der Waals surface area contributed by atoms with Gasteiger partial charge in [0.2, 0.25) is 10.0 Å². The van der Waals surface area contributed by atoms with Crippen LogP contribution in [0.1, 0.15) is 27.7 Å². The van der Waals surface area contributed by atoms with Crippen molar-refractivity contribution in [3.8, 4) is 0 Å². The molecule has 0 saturated heterocycles. The second-order valence-electron chi connectivity index (χ2n) is 5.82. The molecule has 4 N–H and O–H groups in total. The molecule has 0 aromatic carbocycles. The van der Waals surface area contributed by atoms with Gasteiger partial charge in [-0.05, 0) is 10.8 Å². The van der Waals surface area contributed by atoms with Crippen LogP contribution in [-0.4, -0.2) is 37.3 Å². The van der Waals surface area contributed by atoms with Crippen LogP contribution in [0.25, 0.3) is 0 Å². The fourth-order valence-electron chi connectivity index (χ4n) is 2.87. The number of carboxylic acids is 1. The largest absolute Gasteiger partial charge is 0.480 e. The molecule has 0 aliphatic heterocycles. The molecule has 0 bridgehead atoms. The summed E-state index contributed by atoms with van der Waals surface area (Å²) in [6.07, 6.45) is 0. The number of carbonyl (C=O) groups is 1. The standard InChI is InChI=1S/C10H20N2O4S/c1-9(2)7(11)10(3,4)8(9)12-17(15,16)5-6(13)14/h7-8,12H,5,11H2,1-4H3,(H,13,14). The first kappa shape index (κ1) is 14.4. The van der Waals surface area contributed by atoms with Crippen LogP contribution >= 0.6 is 0 Å². The maximum absolute atomic E-state index is 11.6. The van der Waals surface area contributed by atoms with E-state index in [1.54, 1.807) is 0 Å². The van der Waals surface area contributed by atoms with Crippen molar-refractivity contribution >= 4 is 16.0 Å². The monoisotopic (exact) mass is 264 g/mol. The maximum atomic E-state index is 11.6. The van der Waals surface area contributed by atoms with Crippen molar-refractivity contribution in [1.82, 2.24) is 4.72 Å². The summed E-state index contributed by atoms with van der Waals surface area (Å²) in [5.74, 6) is -2.28. The number of hydrogen-bond acceptors (Lipinski definition) is 4. The number of rotatable bonds is 4. The minimum atomic E-state index is -3.81. The Balaban J connectivity index is 2.86. The molecule has 17 heavy (non-hydrogen) atoms. The van der Waals surface area contributed by atoms with E-state index in [2.05, 4.69) is 4.72 Å². The molecule has 1 aliphatic carbocycles. The van der Waals surface area contributed by atoms with Crippen LogP contribution in [0.15, 0.2) is 0 Å². The highest BCUT2D eigenvalue weighted by molar-refractivity contribution is 7.90. The number of hydrogen-bond donors (Lipinski definition) is 3. The number of aliphatic carboxylic acids is 1. The van der Waals surface area contributed by atoms with Crippen molar-refractivity contribution in [2.24, 2.45) is 16.6 Å². The lowest BCUT2D eigenvalue weighted by Crippen LogP contribution is -2.76. The molecule has 0 spiro atoms. The van der Waals surface area contributed by atoms with Crippen LogP contribution in [0, 0.1) is 10.8 Å². The van der Waals surface area contributed by atoms with Crippen LogP contribution in [-0.2, 0) is 14.8 Å². The number of carboxylic acid groups (broad SMARTS) is 1. The topological polar surface area (TPSA) is 109 Å². The van der Waals surface area contributed by atoms with Crippen LogP contribution in [0.4, 0.5) is 0 Å². The zero-order valence-electron chi connectivity index (χ0n) is 10.5. The molecule has 0 amide bonds. The second-order valence-corrected chi connectivity index (χ2v) is 7.58. The lowest BCUT2D eigenvalue weighted by Gasteiger charge is -2.62. The van der Waals surface area contributed by atoms with Crippen molar-refractivity contribution in [1.29, 1.82) is 0 Å². The third-order valence-corrected chi connectivity index (χ3v) is 4.92. The van der Waals surface area contributed by atoms with E-state index in [0.717, 1.165) is 0 Å². The summed E-state index contributed by atoms with van der Waals surface area (Å²) in [5.41, 5.74) is 5.23. The molecule has 0 atom stereocenters. The van der Waals surface area contributed by atoms with Gasteiger partial charge in [-0.15, -0.1) is 0 Å². The van der Waals surface area contributed by atoms with Gasteiger partial charge in [0.05, 0.1) is 0 Å². The summed E-state index contributed by atoms with van der Waals surface area (Å²) in [4.78, 5) is 10.4. The summed E-state index contributed by atoms with van der Waals surface area (Å²) < 4.78 is 25.6. The molecular weight excluding hydrogens is 244 g/mol. The van der Waals surface area contributed by atoms with Gasteiger partial charge < -0.3 is 10.8 Å². The smallest absolute Gasteiger partial charge is 0.320 e. The quantitative estimate of drug-likeness (QED) is 0.649. The summed E-state index contributed by atoms with van der Waals surface area (Å²) in [5, 5.41) is 8.52. The van der Waals surface area contributed by atoms with E-state index in [0.29, 0.717) is 0 Å². The Kier molecular flexibility index (Phi) is 3.33. The predicted molar refractivity (Wildman–Crippen MR) is 63.9 cm³/mol. The Bertz CT molecular complexity index is 412. The Hall–Kier alpha value is -0.660. The van der Waals surface area contributed by atoms with Gasteiger partial charge in [-0.25, -0.2) is 13.1 Å². The highest BCUT2D eigenvalue weighted by atomic mass is 32.2.